The summed E-state index contributed by atoms with van der Waals surface area (Å²) >= 11 is 0. The van der Waals surface area contributed by atoms with Crippen molar-refractivity contribution in [1.82, 2.24) is 5.32 Å². The van der Waals surface area contributed by atoms with Crippen molar-refractivity contribution in [3.8, 4) is 5.75 Å². The number of carbonyl (C=O) groups excluding carboxylic acids is 1. The second-order valence-corrected chi connectivity index (χ2v) is 4.10. The van der Waals surface area contributed by atoms with Gasteiger partial charge < -0.3 is 10.4 Å². The molecular weight excluding hydrogens is 190 g/mol. The molecule has 2 rings (SSSR count). The van der Waals surface area contributed by atoms with Crippen LogP contribution in [0.1, 0.15) is 28.8 Å². The second-order valence-electron chi connectivity index (χ2n) is 4.10. The van der Waals surface area contributed by atoms with Crippen LogP contribution in [0, 0.1) is 6.92 Å². The summed E-state index contributed by atoms with van der Waals surface area (Å²) in [6.45, 7) is 2.21. The minimum absolute atomic E-state index is 0.0422. The molecule has 1 aromatic carbocycles. The molecule has 0 atom stereocenters. The van der Waals surface area contributed by atoms with Crippen LogP contribution in [0.4, 0.5) is 0 Å². The third-order valence-corrected chi connectivity index (χ3v) is 2.58. The number of hydrogen-bond acceptors (Lipinski definition) is 3. The molecule has 0 amide bonds. The standard InChI is InChI=1S/C12H15NO2/c1-8-2-5-10(11(14)6-8)12(15)7-13-9-3-4-9/h2,5-6,9,13-14H,3-4,7H2,1H3. The molecule has 2 N–H and O–H groups in total. The van der Waals surface area contributed by atoms with Gasteiger partial charge >= 0.3 is 0 Å². The molecule has 80 valence electrons. The second kappa shape index (κ2) is 4.03. The lowest BCUT2D eigenvalue weighted by Crippen LogP contribution is -2.24. The number of benzene rings is 1. The van der Waals surface area contributed by atoms with Crippen LogP contribution in [0.15, 0.2) is 18.2 Å². The summed E-state index contributed by atoms with van der Waals surface area (Å²) in [6, 6.07) is 5.65. The van der Waals surface area contributed by atoms with Gasteiger partial charge in [-0.15, -0.1) is 0 Å². The lowest BCUT2D eigenvalue weighted by atomic mass is 10.1. The first kappa shape index (κ1) is 10.2. The van der Waals surface area contributed by atoms with Gasteiger partial charge in [0.1, 0.15) is 5.75 Å². The van der Waals surface area contributed by atoms with Crippen molar-refractivity contribution in [3.63, 3.8) is 0 Å². The van der Waals surface area contributed by atoms with E-state index >= 15 is 0 Å². The van der Waals surface area contributed by atoms with Gasteiger partial charge in [0, 0.05) is 6.04 Å². The molecule has 0 saturated heterocycles. The lowest BCUT2D eigenvalue weighted by Gasteiger charge is -2.05. The molecule has 0 bridgehead atoms. The molecule has 0 aliphatic heterocycles. The van der Waals surface area contributed by atoms with Crippen LogP contribution in [-0.2, 0) is 0 Å². The largest absolute Gasteiger partial charge is 0.507 e. The zero-order chi connectivity index (χ0) is 10.8. The van der Waals surface area contributed by atoms with E-state index in [2.05, 4.69) is 5.32 Å². The Kier molecular flexibility index (Phi) is 2.73. The molecule has 0 unspecified atom stereocenters. The minimum atomic E-state index is -0.0422. The van der Waals surface area contributed by atoms with Gasteiger partial charge in [-0.2, -0.15) is 0 Å². The summed E-state index contributed by atoms with van der Waals surface area (Å²) < 4.78 is 0. The summed E-state index contributed by atoms with van der Waals surface area (Å²) in [4.78, 5) is 11.7. The van der Waals surface area contributed by atoms with Crippen molar-refractivity contribution >= 4 is 5.78 Å². The van der Waals surface area contributed by atoms with Crippen LogP contribution in [-0.4, -0.2) is 23.5 Å². The van der Waals surface area contributed by atoms with E-state index in [-0.39, 0.29) is 11.5 Å². The van der Waals surface area contributed by atoms with Gasteiger partial charge in [0.25, 0.3) is 0 Å². The zero-order valence-electron chi connectivity index (χ0n) is 8.79. The van der Waals surface area contributed by atoms with Gasteiger partial charge in [0.05, 0.1) is 12.1 Å². The van der Waals surface area contributed by atoms with Crippen LogP contribution in [0.5, 0.6) is 5.75 Å². The maximum Gasteiger partial charge on any atom is 0.180 e. The fraction of sp³-hybridized carbons (Fsp3) is 0.417. The smallest absolute Gasteiger partial charge is 0.180 e. The third kappa shape index (κ3) is 2.57. The molecule has 1 saturated carbocycles. The number of ketones is 1. The Bertz CT molecular complexity index is 383. The van der Waals surface area contributed by atoms with E-state index in [1.54, 1.807) is 12.1 Å². The summed E-state index contributed by atoms with van der Waals surface area (Å²) in [7, 11) is 0. The first-order valence-corrected chi connectivity index (χ1v) is 5.23. The molecule has 3 heteroatoms. The SMILES string of the molecule is Cc1ccc(C(=O)CNC2CC2)c(O)c1. The highest BCUT2D eigenvalue weighted by molar-refractivity contribution is 6.00. The van der Waals surface area contributed by atoms with E-state index in [1.807, 2.05) is 13.0 Å². The van der Waals surface area contributed by atoms with Crippen molar-refractivity contribution in [2.45, 2.75) is 25.8 Å². The number of hydrogen-bond donors (Lipinski definition) is 2. The van der Waals surface area contributed by atoms with E-state index < -0.39 is 0 Å². The summed E-state index contributed by atoms with van der Waals surface area (Å²) in [5.41, 5.74) is 1.37. The highest BCUT2D eigenvalue weighted by atomic mass is 16.3. The van der Waals surface area contributed by atoms with E-state index in [0.717, 1.165) is 18.4 Å². The monoisotopic (exact) mass is 205 g/mol. The predicted molar refractivity (Wildman–Crippen MR) is 58.2 cm³/mol. The maximum atomic E-state index is 11.7. The highest BCUT2D eigenvalue weighted by Gasteiger charge is 2.22. The number of aryl methyl sites for hydroxylation is 1. The van der Waals surface area contributed by atoms with Crippen LogP contribution >= 0.6 is 0 Å². The number of Topliss-reactive ketones (excluding diaryl/α,β-unsaturated/α-hetero) is 1. The van der Waals surface area contributed by atoms with Gasteiger partial charge in [-0.1, -0.05) is 6.07 Å². The summed E-state index contributed by atoms with van der Waals surface area (Å²) in [5, 5.41) is 12.7. The van der Waals surface area contributed by atoms with Crippen LogP contribution < -0.4 is 5.32 Å². The van der Waals surface area contributed by atoms with Crippen molar-refractivity contribution in [1.29, 1.82) is 0 Å². The summed E-state index contributed by atoms with van der Waals surface area (Å²) in [6.07, 6.45) is 2.32. The van der Waals surface area contributed by atoms with Gasteiger partial charge in [-0.05, 0) is 37.5 Å². The molecular formula is C12H15NO2. The zero-order valence-corrected chi connectivity index (χ0v) is 8.79. The van der Waals surface area contributed by atoms with Crippen molar-refractivity contribution in [2.24, 2.45) is 0 Å². The predicted octanol–water partition coefficient (Wildman–Crippen LogP) is 1.64. The van der Waals surface area contributed by atoms with Crippen molar-refractivity contribution in [3.05, 3.63) is 29.3 Å². The Morgan fingerprint density at radius 2 is 2.27 bits per heavy atom. The Morgan fingerprint density at radius 1 is 1.53 bits per heavy atom. The Morgan fingerprint density at radius 3 is 2.87 bits per heavy atom. The molecule has 0 heterocycles. The van der Waals surface area contributed by atoms with Gasteiger partial charge in [-0.3, -0.25) is 4.79 Å². The Balaban J connectivity index is 2.03. The van der Waals surface area contributed by atoms with Gasteiger partial charge in [0.2, 0.25) is 0 Å². The van der Waals surface area contributed by atoms with E-state index in [4.69, 9.17) is 0 Å². The van der Waals surface area contributed by atoms with Crippen molar-refractivity contribution in [2.75, 3.05) is 6.54 Å². The lowest BCUT2D eigenvalue weighted by molar-refractivity contribution is 0.0988. The normalized spacial score (nSPS) is 15.3. The van der Waals surface area contributed by atoms with E-state index in [9.17, 15) is 9.90 Å². The Hall–Kier alpha value is -1.35. The average molecular weight is 205 g/mol. The Labute approximate surface area is 89.1 Å². The van der Waals surface area contributed by atoms with Crippen LogP contribution in [0.25, 0.3) is 0 Å². The molecule has 1 aromatic rings. The fourth-order valence-corrected chi connectivity index (χ4v) is 1.50. The highest BCUT2D eigenvalue weighted by Crippen LogP contribution is 2.21. The van der Waals surface area contributed by atoms with Gasteiger partial charge in [0.15, 0.2) is 5.78 Å². The number of carbonyl (C=O) groups is 1. The van der Waals surface area contributed by atoms with Crippen LogP contribution in [0.2, 0.25) is 0 Å². The fourth-order valence-electron chi connectivity index (χ4n) is 1.50. The third-order valence-electron chi connectivity index (χ3n) is 2.58. The first-order chi connectivity index (χ1) is 7.16. The molecule has 15 heavy (non-hydrogen) atoms. The maximum absolute atomic E-state index is 11.7. The molecule has 1 aliphatic rings. The number of phenolic OH excluding ortho intramolecular Hbond substituents is 1. The molecule has 1 fully saturated rings. The minimum Gasteiger partial charge on any atom is -0.507 e. The number of aromatic hydroxyl groups is 1. The topological polar surface area (TPSA) is 49.3 Å². The van der Waals surface area contributed by atoms with Gasteiger partial charge in [-0.25, -0.2) is 0 Å². The number of phenols is 1. The average Bonchev–Trinajstić information content (AvgIpc) is 2.97. The molecule has 3 nitrogen and oxygen atoms in total. The van der Waals surface area contributed by atoms with Crippen molar-refractivity contribution < 1.29 is 9.90 Å². The number of rotatable bonds is 4. The first-order valence-electron chi connectivity index (χ1n) is 5.23. The quantitative estimate of drug-likeness (QED) is 0.734. The van der Waals surface area contributed by atoms with E-state index in [1.165, 1.54) is 0 Å². The molecule has 0 spiro atoms. The number of nitrogens with one attached hydrogen (secondary N) is 1. The molecule has 0 aromatic heterocycles. The van der Waals surface area contributed by atoms with E-state index in [0.29, 0.717) is 18.2 Å². The molecule has 1 aliphatic carbocycles. The molecule has 0 radical (unpaired) electrons. The van der Waals surface area contributed by atoms with Crippen LogP contribution in [0.3, 0.4) is 0 Å². The summed E-state index contributed by atoms with van der Waals surface area (Å²) in [5.74, 6) is 0.0389.